The third-order valence-corrected chi connectivity index (χ3v) is 5.37. The van der Waals surface area contributed by atoms with E-state index in [1.165, 1.54) is 11.3 Å². The summed E-state index contributed by atoms with van der Waals surface area (Å²) in [6.45, 7) is 8.13. The smallest absolute Gasteiger partial charge is 0.264 e. The maximum Gasteiger partial charge on any atom is 0.264 e. The van der Waals surface area contributed by atoms with Gasteiger partial charge in [0.15, 0.2) is 22.3 Å². The molecule has 0 unspecified atom stereocenters. The number of rotatable bonds is 8. The Morgan fingerprint density at radius 1 is 1.50 bits per heavy atom. The van der Waals surface area contributed by atoms with Gasteiger partial charge in [0.05, 0.1) is 10.6 Å². The van der Waals surface area contributed by atoms with Gasteiger partial charge >= 0.3 is 0 Å². The Balaban J connectivity index is 1.68. The van der Waals surface area contributed by atoms with E-state index in [1.54, 1.807) is 6.08 Å². The van der Waals surface area contributed by atoms with Gasteiger partial charge in [-0.2, -0.15) is 5.10 Å². The molecule has 3 rings (SSSR count). The van der Waals surface area contributed by atoms with Crippen molar-refractivity contribution < 1.29 is 9.53 Å². The first-order valence-corrected chi connectivity index (χ1v) is 9.99. The van der Waals surface area contributed by atoms with Gasteiger partial charge in [-0.1, -0.05) is 36.5 Å². The number of hydrogen-bond donors (Lipinski definition) is 2. The van der Waals surface area contributed by atoms with Gasteiger partial charge in [0.2, 0.25) is 0 Å². The molecule has 2 heterocycles. The van der Waals surface area contributed by atoms with Gasteiger partial charge in [-0.05, 0) is 43.3 Å². The van der Waals surface area contributed by atoms with Crippen LogP contribution in [-0.2, 0) is 17.8 Å². The molecule has 2 N–H and O–H groups in total. The number of thiazole rings is 1. The Hall–Kier alpha value is -2.78. The number of aromatic amines is 1. The molecule has 0 radical (unpaired) electrons. The Morgan fingerprint density at radius 2 is 2.32 bits per heavy atom. The summed E-state index contributed by atoms with van der Waals surface area (Å²) in [5.74, 6) is 1.07. The second-order valence-corrected chi connectivity index (χ2v) is 7.41. The minimum absolute atomic E-state index is 0.0870. The van der Waals surface area contributed by atoms with Crippen LogP contribution >= 0.6 is 23.6 Å². The number of nitrogens with one attached hydrogen (secondary N) is 2. The highest BCUT2D eigenvalue weighted by Crippen LogP contribution is 2.31. The molecule has 2 aromatic heterocycles. The first-order chi connectivity index (χ1) is 13.5. The van der Waals surface area contributed by atoms with Crippen molar-refractivity contribution in [2.24, 2.45) is 0 Å². The molecule has 3 aromatic rings. The van der Waals surface area contributed by atoms with Crippen LogP contribution in [-0.4, -0.2) is 32.3 Å². The number of H-pyrrole nitrogens is 1. The van der Waals surface area contributed by atoms with Crippen molar-refractivity contribution in [2.75, 3.05) is 11.9 Å². The number of benzene rings is 1. The van der Waals surface area contributed by atoms with Crippen LogP contribution in [0.3, 0.4) is 0 Å². The summed E-state index contributed by atoms with van der Waals surface area (Å²) in [5.41, 5.74) is 1.92. The van der Waals surface area contributed by atoms with E-state index in [1.807, 2.05) is 35.8 Å². The fourth-order valence-electron chi connectivity index (χ4n) is 2.61. The third-order valence-electron chi connectivity index (χ3n) is 3.99. The number of anilines is 1. The van der Waals surface area contributed by atoms with E-state index in [2.05, 4.69) is 34.0 Å². The highest BCUT2D eigenvalue weighted by Gasteiger charge is 2.17. The number of carbonyl (C=O) groups is 1. The zero-order chi connectivity index (χ0) is 20.1. The van der Waals surface area contributed by atoms with Gasteiger partial charge in [-0.25, -0.2) is 4.98 Å². The fraction of sp³-hybridized carbons (Fsp3) is 0.263. The van der Waals surface area contributed by atoms with Crippen LogP contribution in [0.15, 0.2) is 36.9 Å². The molecule has 7 nitrogen and oxygen atoms in total. The van der Waals surface area contributed by atoms with Crippen LogP contribution < -0.4 is 10.1 Å². The molecule has 0 aliphatic heterocycles. The monoisotopic (exact) mass is 415 g/mol. The van der Waals surface area contributed by atoms with Crippen molar-refractivity contribution in [3.8, 4) is 16.5 Å². The van der Waals surface area contributed by atoms with Crippen LogP contribution in [0.2, 0.25) is 0 Å². The average molecular weight is 416 g/mol. The summed E-state index contributed by atoms with van der Waals surface area (Å²) >= 11 is 6.59. The van der Waals surface area contributed by atoms with Gasteiger partial charge in [0.1, 0.15) is 5.75 Å². The van der Waals surface area contributed by atoms with Crippen molar-refractivity contribution in [2.45, 2.75) is 26.8 Å². The second-order valence-electron chi connectivity index (χ2n) is 6.02. The topological polar surface area (TPSA) is 84.8 Å². The van der Waals surface area contributed by atoms with Crippen LogP contribution in [0.4, 0.5) is 5.13 Å². The van der Waals surface area contributed by atoms with E-state index < -0.39 is 0 Å². The molecule has 0 aliphatic rings. The molecule has 28 heavy (non-hydrogen) atoms. The van der Waals surface area contributed by atoms with E-state index in [9.17, 15) is 4.79 Å². The number of aryl methyl sites for hydroxylation is 2. The number of nitrogens with zero attached hydrogens (tertiary/aromatic N) is 3. The lowest BCUT2D eigenvalue weighted by atomic mass is 10.2. The molecule has 0 aliphatic carbocycles. The molecular weight excluding hydrogens is 394 g/mol. The number of hydrogen-bond acceptors (Lipinski definition) is 6. The predicted octanol–water partition coefficient (Wildman–Crippen LogP) is 4.14. The minimum atomic E-state index is -0.271. The molecule has 0 atom stereocenters. The van der Waals surface area contributed by atoms with Gasteiger partial charge < -0.3 is 4.74 Å². The molecular formula is C19H21N5O2S2. The Labute approximate surface area is 172 Å². The molecule has 0 bridgehead atoms. The van der Waals surface area contributed by atoms with Crippen molar-refractivity contribution in [1.82, 2.24) is 19.7 Å². The Bertz CT molecular complexity index is 1050. The standard InChI is InChI=1S/C19H21N5O2S2/c1-4-9-24-17(22-23-19(24)27)16-12(3)20-18(28-16)21-15(25)11-26-14-8-6-7-13(5-2)10-14/h4,6-8,10H,1,5,9,11H2,2-3H3,(H,23,27)(H,20,21,25). The molecule has 0 spiro atoms. The SMILES string of the molecule is C=CCn1c(-c2sc(NC(=O)COc3cccc(CC)c3)nc2C)n[nH]c1=S. The van der Waals surface area contributed by atoms with E-state index in [4.69, 9.17) is 17.0 Å². The highest BCUT2D eigenvalue weighted by molar-refractivity contribution is 7.71. The fourth-order valence-corrected chi connectivity index (χ4v) is 3.79. The zero-order valence-corrected chi connectivity index (χ0v) is 17.3. The normalized spacial score (nSPS) is 10.6. The Kier molecular flexibility index (Phi) is 6.37. The summed E-state index contributed by atoms with van der Waals surface area (Å²) in [4.78, 5) is 17.5. The van der Waals surface area contributed by atoms with Crippen LogP contribution in [0, 0.1) is 11.7 Å². The summed E-state index contributed by atoms with van der Waals surface area (Å²) in [6.07, 6.45) is 2.66. The quantitative estimate of drug-likeness (QED) is 0.427. The first kappa shape index (κ1) is 20.0. The van der Waals surface area contributed by atoms with Crippen LogP contribution in [0.1, 0.15) is 18.2 Å². The Morgan fingerprint density at radius 3 is 3.07 bits per heavy atom. The van der Waals surface area contributed by atoms with Crippen LogP contribution in [0.5, 0.6) is 5.75 Å². The number of amides is 1. The zero-order valence-electron chi connectivity index (χ0n) is 15.7. The molecule has 0 fully saturated rings. The molecule has 1 aromatic carbocycles. The van der Waals surface area contributed by atoms with Gasteiger partial charge in [0, 0.05) is 6.54 Å². The van der Waals surface area contributed by atoms with Crippen molar-refractivity contribution >= 4 is 34.6 Å². The maximum atomic E-state index is 12.2. The highest BCUT2D eigenvalue weighted by atomic mass is 32.1. The lowest BCUT2D eigenvalue weighted by molar-refractivity contribution is -0.118. The lowest BCUT2D eigenvalue weighted by Gasteiger charge is -2.07. The number of allylic oxidation sites excluding steroid dienone is 1. The number of carbonyl (C=O) groups excluding carboxylic acids is 1. The molecule has 1 amide bonds. The average Bonchev–Trinajstić information content (AvgIpc) is 3.23. The summed E-state index contributed by atoms with van der Waals surface area (Å²) < 4.78 is 7.92. The largest absolute Gasteiger partial charge is 0.484 e. The second kappa shape index (κ2) is 8.94. The van der Waals surface area contributed by atoms with E-state index >= 15 is 0 Å². The van der Waals surface area contributed by atoms with Gasteiger partial charge in [-0.3, -0.25) is 19.8 Å². The van der Waals surface area contributed by atoms with Crippen molar-refractivity contribution in [3.05, 3.63) is 52.9 Å². The molecule has 146 valence electrons. The molecule has 9 heteroatoms. The van der Waals surface area contributed by atoms with E-state index in [0.717, 1.165) is 22.6 Å². The molecule has 0 saturated heterocycles. The number of ether oxygens (including phenoxy) is 1. The van der Waals surface area contributed by atoms with E-state index in [0.29, 0.717) is 28.0 Å². The van der Waals surface area contributed by atoms with Gasteiger partial charge in [-0.15, -0.1) is 6.58 Å². The molecule has 0 saturated carbocycles. The van der Waals surface area contributed by atoms with Gasteiger partial charge in [0.25, 0.3) is 5.91 Å². The summed E-state index contributed by atoms with van der Waals surface area (Å²) in [6, 6.07) is 7.70. The maximum absolute atomic E-state index is 12.2. The van der Waals surface area contributed by atoms with E-state index in [-0.39, 0.29) is 12.5 Å². The first-order valence-electron chi connectivity index (χ1n) is 8.77. The van der Waals surface area contributed by atoms with Crippen LogP contribution in [0.25, 0.3) is 10.7 Å². The number of aromatic nitrogens is 4. The van der Waals surface area contributed by atoms with Crippen molar-refractivity contribution in [1.29, 1.82) is 0 Å². The summed E-state index contributed by atoms with van der Waals surface area (Å²) in [5, 5.41) is 10.3. The lowest BCUT2D eigenvalue weighted by Crippen LogP contribution is -2.20. The summed E-state index contributed by atoms with van der Waals surface area (Å²) in [7, 11) is 0. The van der Waals surface area contributed by atoms with Crippen molar-refractivity contribution in [3.63, 3.8) is 0 Å². The minimum Gasteiger partial charge on any atom is -0.484 e. The predicted molar refractivity (Wildman–Crippen MR) is 113 cm³/mol. The third kappa shape index (κ3) is 4.55.